The summed E-state index contributed by atoms with van der Waals surface area (Å²) in [5, 5.41) is 2.21. The van der Waals surface area contributed by atoms with Gasteiger partial charge in [0, 0.05) is 10.9 Å². The lowest BCUT2D eigenvalue weighted by Crippen LogP contribution is -2.25. The molecular formula is C18H13NO. The highest BCUT2D eigenvalue weighted by Gasteiger charge is 2.29. The van der Waals surface area contributed by atoms with Gasteiger partial charge in [-0.05, 0) is 23.1 Å². The monoisotopic (exact) mass is 259 g/mol. The average molecular weight is 259 g/mol. The van der Waals surface area contributed by atoms with Crippen molar-refractivity contribution >= 4 is 22.4 Å². The van der Waals surface area contributed by atoms with Gasteiger partial charge in [0.2, 0.25) is 0 Å². The Labute approximate surface area is 117 Å². The Morgan fingerprint density at radius 2 is 1.55 bits per heavy atom. The van der Waals surface area contributed by atoms with Crippen molar-refractivity contribution in [2.75, 3.05) is 4.90 Å². The van der Waals surface area contributed by atoms with Gasteiger partial charge in [-0.3, -0.25) is 4.79 Å². The predicted octanol–water partition coefficient (Wildman–Crippen LogP) is 4.00. The van der Waals surface area contributed by atoms with E-state index in [1.807, 2.05) is 47.4 Å². The highest BCUT2D eigenvalue weighted by atomic mass is 16.2. The van der Waals surface area contributed by atoms with Gasteiger partial charge in [0.25, 0.3) is 5.91 Å². The maximum atomic E-state index is 12.6. The minimum atomic E-state index is 0.0978. The summed E-state index contributed by atoms with van der Waals surface area (Å²) in [6, 6.07) is 22.1. The number of hydrogen-bond acceptors (Lipinski definition) is 1. The second kappa shape index (κ2) is 4.20. The number of amides is 1. The number of carbonyl (C=O) groups is 1. The third kappa shape index (κ3) is 1.55. The maximum absolute atomic E-state index is 12.6. The fourth-order valence-electron chi connectivity index (χ4n) is 2.90. The summed E-state index contributed by atoms with van der Waals surface area (Å²) in [5.74, 6) is 0.0978. The van der Waals surface area contributed by atoms with Crippen LogP contribution in [-0.4, -0.2) is 5.91 Å². The van der Waals surface area contributed by atoms with E-state index in [4.69, 9.17) is 0 Å². The van der Waals surface area contributed by atoms with Crippen LogP contribution in [0.5, 0.6) is 0 Å². The second-order valence-corrected chi connectivity index (χ2v) is 5.06. The van der Waals surface area contributed by atoms with Crippen molar-refractivity contribution in [1.82, 2.24) is 0 Å². The van der Waals surface area contributed by atoms with Crippen molar-refractivity contribution in [3.8, 4) is 0 Å². The van der Waals surface area contributed by atoms with E-state index in [9.17, 15) is 4.79 Å². The summed E-state index contributed by atoms with van der Waals surface area (Å²) < 4.78 is 0. The third-order valence-corrected chi connectivity index (χ3v) is 3.83. The van der Waals surface area contributed by atoms with Gasteiger partial charge in [-0.25, -0.2) is 0 Å². The Balaban J connectivity index is 1.85. The minimum Gasteiger partial charge on any atom is -0.303 e. The molecule has 0 spiro atoms. The van der Waals surface area contributed by atoms with E-state index >= 15 is 0 Å². The molecule has 0 fully saturated rings. The molecule has 3 aromatic carbocycles. The smallest absolute Gasteiger partial charge is 0.259 e. The Morgan fingerprint density at radius 1 is 0.800 bits per heavy atom. The summed E-state index contributed by atoms with van der Waals surface area (Å²) in [5.41, 5.74) is 2.98. The van der Waals surface area contributed by atoms with Crippen LogP contribution in [0.15, 0.2) is 66.7 Å². The normalized spacial score (nSPS) is 13.2. The number of hydrogen-bond donors (Lipinski definition) is 0. The molecule has 20 heavy (non-hydrogen) atoms. The molecule has 96 valence electrons. The van der Waals surface area contributed by atoms with Crippen LogP contribution in [0.2, 0.25) is 0 Å². The van der Waals surface area contributed by atoms with Gasteiger partial charge in [-0.1, -0.05) is 54.6 Å². The van der Waals surface area contributed by atoms with Crippen LogP contribution < -0.4 is 4.90 Å². The zero-order valence-corrected chi connectivity index (χ0v) is 10.9. The first-order valence-corrected chi connectivity index (χ1v) is 6.72. The Bertz CT molecular complexity index is 803. The molecule has 1 heterocycles. The van der Waals surface area contributed by atoms with Gasteiger partial charge >= 0.3 is 0 Å². The van der Waals surface area contributed by atoms with Crippen molar-refractivity contribution in [1.29, 1.82) is 0 Å². The molecule has 0 radical (unpaired) electrons. The molecule has 0 unspecified atom stereocenters. The van der Waals surface area contributed by atoms with Crippen LogP contribution in [0, 0.1) is 0 Å². The highest BCUT2D eigenvalue weighted by Crippen LogP contribution is 2.37. The van der Waals surface area contributed by atoms with Gasteiger partial charge in [0.1, 0.15) is 0 Å². The van der Waals surface area contributed by atoms with Crippen LogP contribution in [0.1, 0.15) is 15.9 Å². The van der Waals surface area contributed by atoms with Crippen LogP contribution in [-0.2, 0) is 6.54 Å². The zero-order chi connectivity index (χ0) is 13.5. The minimum absolute atomic E-state index is 0.0978. The number of nitrogens with zero attached hydrogens (tertiary/aromatic N) is 1. The molecule has 0 saturated carbocycles. The summed E-state index contributed by atoms with van der Waals surface area (Å²) >= 11 is 0. The van der Waals surface area contributed by atoms with Gasteiger partial charge < -0.3 is 4.90 Å². The molecule has 4 rings (SSSR count). The van der Waals surface area contributed by atoms with Crippen LogP contribution in [0.4, 0.5) is 5.69 Å². The largest absolute Gasteiger partial charge is 0.303 e. The molecule has 0 saturated heterocycles. The topological polar surface area (TPSA) is 20.3 Å². The quantitative estimate of drug-likeness (QED) is 0.681. The molecular weight excluding hydrogens is 246 g/mol. The average Bonchev–Trinajstić information content (AvgIpc) is 2.77. The van der Waals surface area contributed by atoms with Gasteiger partial charge in [-0.15, -0.1) is 0 Å². The van der Waals surface area contributed by atoms with Crippen LogP contribution in [0.25, 0.3) is 10.8 Å². The first-order valence-electron chi connectivity index (χ1n) is 6.72. The highest BCUT2D eigenvalue weighted by molar-refractivity contribution is 6.24. The molecule has 2 nitrogen and oxygen atoms in total. The van der Waals surface area contributed by atoms with E-state index in [0.29, 0.717) is 6.54 Å². The molecule has 3 aromatic rings. The van der Waals surface area contributed by atoms with E-state index < -0.39 is 0 Å². The standard InChI is InChI=1S/C18H13NO/c20-18-15-10-4-8-14-9-5-11-16(17(14)15)19(18)12-13-6-2-1-3-7-13/h1-11H,12H2. The maximum Gasteiger partial charge on any atom is 0.259 e. The molecule has 0 aliphatic carbocycles. The predicted molar refractivity (Wildman–Crippen MR) is 80.9 cm³/mol. The first-order chi connectivity index (χ1) is 9.84. The summed E-state index contributed by atoms with van der Waals surface area (Å²) in [6.07, 6.45) is 0. The van der Waals surface area contributed by atoms with Gasteiger partial charge in [0.05, 0.1) is 12.2 Å². The van der Waals surface area contributed by atoms with Crippen LogP contribution >= 0.6 is 0 Å². The molecule has 0 bridgehead atoms. The van der Waals surface area contributed by atoms with E-state index in [1.165, 1.54) is 0 Å². The molecule has 0 atom stereocenters. The Morgan fingerprint density at radius 3 is 2.35 bits per heavy atom. The van der Waals surface area contributed by atoms with Crippen molar-refractivity contribution in [2.24, 2.45) is 0 Å². The summed E-state index contributed by atoms with van der Waals surface area (Å²) in [6.45, 7) is 0.619. The summed E-state index contributed by atoms with van der Waals surface area (Å²) in [4.78, 5) is 14.5. The fraction of sp³-hybridized carbons (Fsp3) is 0.0556. The Hall–Kier alpha value is -2.61. The van der Waals surface area contributed by atoms with Gasteiger partial charge in [-0.2, -0.15) is 0 Å². The van der Waals surface area contributed by atoms with Crippen molar-refractivity contribution < 1.29 is 4.79 Å². The SMILES string of the molecule is O=C1c2cccc3cccc(c23)N1Cc1ccccc1. The molecule has 1 aliphatic heterocycles. The molecule has 1 amide bonds. The molecule has 2 heteroatoms. The second-order valence-electron chi connectivity index (χ2n) is 5.06. The van der Waals surface area contributed by atoms with Crippen molar-refractivity contribution in [3.63, 3.8) is 0 Å². The molecule has 0 aromatic heterocycles. The van der Waals surface area contributed by atoms with E-state index in [1.54, 1.807) is 0 Å². The molecule has 0 N–H and O–H groups in total. The van der Waals surface area contributed by atoms with Crippen molar-refractivity contribution in [3.05, 3.63) is 77.9 Å². The first kappa shape index (κ1) is 11.2. The summed E-state index contributed by atoms with van der Waals surface area (Å²) in [7, 11) is 0. The van der Waals surface area contributed by atoms with Gasteiger partial charge in [0.15, 0.2) is 0 Å². The zero-order valence-electron chi connectivity index (χ0n) is 10.9. The number of rotatable bonds is 2. The number of benzene rings is 3. The van der Waals surface area contributed by atoms with E-state index in [2.05, 4.69) is 24.3 Å². The van der Waals surface area contributed by atoms with Crippen LogP contribution in [0.3, 0.4) is 0 Å². The number of anilines is 1. The lowest BCUT2D eigenvalue weighted by Gasteiger charge is -2.17. The molecule has 1 aliphatic rings. The lowest BCUT2D eigenvalue weighted by molar-refractivity contribution is 0.0991. The fourth-order valence-corrected chi connectivity index (χ4v) is 2.90. The third-order valence-electron chi connectivity index (χ3n) is 3.83. The van der Waals surface area contributed by atoms with E-state index in [0.717, 1.165) is 27.6 Å². The lowest BCUT2D eigenvalue weighted by atomic mass is 10.1. The van der Waals surface area contributed by atoms with Crippen molar-refractivity contribution in [2.45, 2.75) is 6.54 Å². The number of carbonyl (C=O) groups excluding carboxylic acids is 1. The van der Waals surface area contributed by atoms with E-state index in [-0.39, 0.29) is 5.91 Å². The Kier molecular flexibility index (Phi) is 2.36.